The average molecular weight is 201 g/mol. The van der Waals surface area contributed by atoms with Crippen molar-refractivity contribution in [3.63, 3.8) is 0 Å². The van der Waals surface area contributed by atoms with Crippen LogP contribution in [0, 0.1) is 0 Å². The van der Waals surface area contributed by atoms with E-state index in [1.807, 2.05) is 0 Å². The van der Waals surface area contributed by atoms with Crippen LogP contribution in [0.25, 0.3) is 0 Å². The van der Waals surface area contributed by atoms with Gasteiger partial charge in [0.1, 0.15) is 0 Å². The fourth-order valence-electron chi connectivity index (χ4n) is 0.146. The van der Waals surface area contributed by atoms with Crippen LogP contribution in [0.2, 0.25) is 0 Å². The molecule has 36 valence electrons. The molecule has 0 aromatic carbocycles. The molecule has 0 N–H and O–H groups in total. The summed E-state index contributed by atoms with van der Waals surface area (Å²) in [4.78, 5) is 9.92. The Morgan fingerprint density at radius 1 is 1.83 bits per heavy atom. The predicted molar refractivity (Wildman–Crippen MR) is 12.0 cm³/mol. The molecule has 3 nitrogen and oxygen atoms in total. The molecule has 1 saturated heterocycles. The van der Waals surface area contributed by atoms with Crippen LogP contribution in [0.1, 0.15) is 0 Å². The standard InChI is InChI=1S/C2H2IO3/c4-2-1-5-3-6-2/h1H2/q-1. The van der Waals surface area contributed by atoms with Crippen LogP contribution in [0.15, 0.2) is 0 Å². The molecule has 0 saturated carbocycles. The molecule has 1 aliphatic rings. The Bertz CT molecular complexity index is 63.2. The van der Waals surface area contributed by atoms with E-state index in [1.165, 1.54) is 0 Å². The summed E-state index contributed by atoms with van der Waals surface area (Å²) in [5.41, 5.74) is 0. The van der Waals surface area contributed by atoms with Gasteiger partial charge in [-0.2, -0.15) is 0 Å². The average Bonchev–Trinajstić information content (AvgIpc) is 1.86. The molecular formula is C2H2IO3-. The van der Waals surface area contributed by atoms with E-state index in [9.17, 15) is 4.79 Å². The predicted octanol–water partition coefficient (Wildman–Crippen LogP) is -3.52. The number of hydrogen-bond donors (Lipinski definition) is 0. The van der Waals surface area contributed by atoms with Gasteiger partial charge in [0.15, 0.2) is 0 Å². The van der Waals surface area contributed by atoms with Gasteiger partial charge in [0.05, 0.1) is 0 Å². The first-order chi connectivity index (χ1) is 2.89. The molecule has 4 heteroatoms. The summed E-state index contributed by atoms with van der Waals surface area (Å²) in [6.07, 6.45) is 0. The third-order valence-electron chi connectivity index (χ3n) is 0.334. The van der Waals surface area contributed by atoms with Crippen molar-refractivity contribution in [2.24, 2.45) is 0 Å². The second-order valence-corrected chi connectivity index (χ2v) is 2.19. The molecule has 1 heterocycles. The van der Waals surface area contributed by atoms with E-state index >= 15 is 0 Å². The van der Waals surface area contributed by atoms with Gasteiger partial charge < -0.3 is 0 Å². The molecule has 1 aliphatic heterocycles. The quantitative estimate of drug-likeness (QED) is 0.381. The Morgan fingerprint density at radius 3 is 2.83 bits per heavy atom. The summed E-state index contributed by atoms with van der Waals surface area (Å²) in [5.74, 6) is -0.220. The van der Waals surface area contributed by atoms with Gasteiger partial charge in [0.25, 0.3) is 0 Å². The van der Waals surface area contributed by atoms with E-state index in [-0.39, 0.29) is 12.6 Å². The van der Waals surface area contributed by atoms with Gasteiger partial charge in [-0.25, -0.2) is 0 Å². The zero-order chi connectivity index (χ0) is 4.41. The van der Waals surface area contributed by atoms with E-state index in [0.717, 1.165) is 0 Å². The van der Waals surface area contributed by atoms with Crippen molar-refractivity contribution in [1.29, 1.82) is 0 Å². The second-order valence-electron chi connectivity index (χ2n) is 0.766. The zero-order valence-electron chi connectivity index (χ0n) is 2.81. The molecule has 0 aromatic heterocycles. The van der Waals surface area contributed by atoms with Crippen molar-refractivity contribution in [1.82, 2.24) is 0 Å². The Balaban J connectivity index is 2.37. The van der Waals surface area contributed by atoms with Gasteiger partial charge in [-0.1, -0.05) is 0 Å². The summed E-state index contributed by atoms with van der Waals surface area (Å²) in [6, 6.07) is 0. The molecule has 0 atom stereocenters. The van der Waals surface area contributed by atoms with Crippen molar-refractivity contribution in [2.75, 3.05) is 6.61 Å². The summed E-state index contributed by atoms with van der Waals surface area (Å²) in [6.45, 7) is 0.174. The van der Waals surface area contributed by atoms with Crippen LogP contribution in [0.4, 0.5) is 0 Å². The number of rotatable bonds is 0. The first-order valence-electron chi connectivity index (χ1n) is 1.36. The fourth-order valence-corrected chi connectivity index (χ4v) is 0.983. The Kier molecular flexibility index (Phi) is 1.25. The van der Waals surface area contributed by atoms with Gasteiger partial charge in [-0.05, 0) is 0 Å². The molecule has 1 rings (SSSR count). The number of halogens is 1. The topological polar surface area (TPSA) is 35.5 Å². The van der Waals surface area contributed by atoms with Crippen LogP contribution in [-0.2, 0) is 10.9 Å². The SMILES string of the molecule is O=C1CO[I-]O1. The van der Waals surface area contributed by atoms with Gasteiger partial charge in [-0.15, -0.1) is 0 Å². The minimum absolute atomic E-state index is 0.174. The minimum atomic E-state index is -0.648. The zero-order valence-corrected chi connectivity index (χ0v) is 4.97. The van der Waals surface area contributed by atoms with Crippen LogP contribution in [0.5, 0.6) is 0 Å². The number of carbonyl (C=O) groups is 1. The monoisotopic (exact) mass is 201 g/mol. The Hall–Kier alpha value is 0.160. The molecule has 0 aromatic rings. The van der Waals surface area contributed by atoms with E-state index in [2.05, 4.69) is 6.13 Å². The van der Waals surface area contributed by atoms with Crippen molar-refractivity contribution in [3.05, 3.63) is 0 Å². The van der Waals surface area contributed by atoms with E-state index in [4.69, 9.17) is 0 Å². The van der Waals surface area contributed by atoms with Crippen molar-refractivity contribution in [2.45, 2.75) is 0 Å². The first kappa shape index (κ1) is 4.32. The van der Waals surface area contributed by atoms with Crippen LogP contribution in [-0.4, -0.2) is 12.6 Å². The van der Waals surface area contributed by atoms with Gasteiger partial charge in [0.2, 0.25) is 0 Å². The van der Waals surface area contributed by atoms with Crippen molar-refractivity contribution < 1.29 is 33.0 Å². The van der Waals surface area contributed by atoms with Crippen LogP contribution in [0.3, 0.4) is 0 Å². The van der Waals surface area contributed by atoms with Crippen LogP contribution < -0.4 is 22.0 Å². The van der Waals surface area contributed by atoms with E-state index in [1.54, 1.807) is 0 Å². The third kappa shape index (κ3) is 0.810. The summed E-state index contributed by atoms with van der Waals surface area (Å²) >= 11 is -0.648. The molecule has 0 amide bonds. The van der Waals surface area contributed by atoms with E-state index in [0.29, 0.717) is 0 Å². The molecular weight excluding hydrogens is 199 g/mol. The molecule has 0 radical (unpaired) electrons. The first-order valence-corrected chi connectivity index (χ1v) is 3.12. The van der Waals surface area contributed by atoms with Crippen LogP contribution >= 0.6 is 0 Å². The van der Waals surface area contributed by atoms with Crippen molar-refractivity contribution in [3.8, 4) is 0 Å². The third-order valence-corrected chi connectivity index (χ3v) is 1.57. The van der Waals surface area contributed by atoms with Gasteiger partial charge in [0, 0.05) is 0 Å². The van der Waals surface area contributed by atoms with Gasteiger partial charge in [-0.3, -0.25) is 0 Å². The summed E-state index contributed by atoms with van der Waals surface area (Å²) < 4.78 is 9.00. The number of hydrogen-bond acceptors (Lipinski definition) is 3. The maximum absolute atomic E-state index is 9.92. The molecule has 0 aliphatic carbocycles. The van der Waals surface area contributed by atoms with Gasteiger partial charge >= 0.3 is 45.5 Å². The normalized spacial score (nSPS) is 22.3. The maximum atomic E-state index is 9.92. The summed E-state index contributed by atoms with van der Waals surface area (Å²) in [5, 5.41) is 0. The molecule has 0 spiro atoms. The molecule has 1 fully saturated rings. The van der Waals surface area contributed by atoms with E-state index < -0.39 is 22.0 Å². The Morgan fingerprint density at radius 2 is 2.67 bits per heavy atom. The molecule has 0 bridgehead atoms. The second kappa shape index (κ2) is 1.74. The summed E-state index contributed by atoms with van der Waals surface area (Å²) in [7, 11) is 0. The fraction of sp³-hybridized carbons (Fsp3) is 0.500. The molecule has 6 heavy (non-hydrogen) atoms. The molecule has 0 unspecified atom stereocenters. The van der Waals surface area contributed by atoms with Crippen molar-refractivity contribution >= 4 is 5.97 Å². The number of carbonyl (C=O) groups excluding carboxylic acids is 1. The Labute approximate surface area is 46.0 Å².